The van der Waals surface area contributed by atoms with Crippen molar-refractivity contribution in [2.45, 2.75) is 25.9 Å². The Labute approximate surface area is 159 Å². The zero-order chi connectivity index (χ0) is 19.6. The van der Waals surface area contributed by atoms with E-state index >= 15 is 0 Å². The van der Waals surface area contributed by atoms with Crippen LogP contribution in [0.5, 0.6) is 0 Å². The van der Waals surface area contributed by atoms with Crippen LogP contribution in [0.4, 0.5) is 0 Å². The lowest BCUT2D eigenvalue weighted by Gasteiger charge is -2.29. The highest BCUT2D eigenvalue weighted by molar-refractivity contribution is 6.30. The highest BCUT2D eigenvalue weighted by Crippen LogP contribution is 2.23. The van der Waals surface area contributed by atoms with Crippen LogP contribution in [-0.2, 0) is 27.3 Å². The Bertz CT molecular complexity index is 876. The summed E-state index contributed by atoms with van der Waals surface area (Å²) in [6, 6.07) is -0.496. The number of rotatable bonds is 5. The van der Waals surface area contributed by atoms with E-state index < -0.39 is 17.9 Å². The number of H-pyrrole nitrogens is 1. The fraction of sp³-hybridized carbons (Fsp3) is 0.438. The predicted molar refractivity (Wildman–Crippen MR) is 94.0 cm³/mol. The van der Waals surface area contributed by atoms with Gasteiger partial charge in [0.1, 0.15) is 12.6 Å². The van der Waals surface area contributed by atoms with E-state index in [-0.39, 0.29) is 18.1 Å². The minimum atomic E-state index is -0.544. The van der Waals surface area contributed by atoms with Gasteiger partial charge in [0.05, 0.1) is 30.6 Å². The zero-order valence-electron chi connectivity index (χ0n) is 14.9. The molecule has 3 rings (SSSR count). The van der Waals surface area contributed by atoms with Gasteiger partial charge in [0.15, 0.2) is 5.69 Å². The summed E-state index contributed by atoms with van der Waals surface area (Å²) in [5, 5.41) is 13.8. The first-order chi connectivity index (χ1) is 12.9. The summed E-state index contributed by atoms with van der Waals surface area (Å²) >= 11 is 5.86. The van der Waals surface area contributed by atoms with E-state index in [0.717, 1.165) is 5.56 Å². The molecule has 1 aliphatic rings. The molecule has 0 bridgehead atoms. The number of aromatic amines is 1. The Kier molecular flexibility index (Phi) is 5.45. The van der Waals surface area contributed by atoms with Crippen molar-refractivity contribution in [3.8, 4) is 0 Å². The molecule has 27 heavy (non-hydrogen) atoms. The first kappa shape index (κ1) is 18.9. The molecule has 2 aromatic rings. The lowest BCUT2D eigenvalue weighted by atomic mass is 10.0. The van der Waals surface area contributed by atoms with Crippen molar-refractivity contribution in [2.75, 3.05) is 20.2 Å². The van der Waals surface area contributed by atoms with E-state index in [2.05, 4.69) is 25.3 Å². The maximum absolute atomic E-state index is 12.7. The summed E-state index contributed by atoms with van der Waals surface area (Å²) in [7, 11) is 1.24. The van der Waals surface area contributed by atoms with Crippen molar-refractivity contribution < 1.29 is 19.1 Å². The summed E-state index contributed by atoms with van der Waals surface area (Å²) in [6.45, 7) is 2.28. The van der Waals surface area contributed by atoms with Gasteiger partial charge in [0.2, 0.25) is 5.91 Å². The van der Waals surface area contributed by atoms with Gasteiger partial charge in [-0.15, -0.1) is 0 Å². The van der Waals surface area contributed by atoms with Crippen molar-refractivity contribution in [2.24, 2.45) is 0 Å². The molecule has 0 saturated heterocycles. The van der Waals surface area contributed by atoms with Crippen LogP contribution in [0.25, 0.3) is 0 Å². The highest BCUT2D eigenvalue weighted by Gasteiger charge is 2.30. The molecule has 144 valence electrons. The van der Waals surface area contributed by atoms with Gasteiger partial charge in [-0.05, 0) is 13.3 Å². The average Bonchev–Trinajstić information content (AvgIpc) is 3.30. The molecule has 11 heteroatoms. The molecule has 2 aromatic heterocycles. The Morgan fingerprint density at radius 3 is 2.89 bits per heavy atom. The minimum Gasteiger partial charge on any atom is -0.468 e. The molecule has 1 unspecified atom stereocenters. The van der Waals surface area contributed by atoms with Crippen LogP contribution in [0.3, 0.4) is 0 Å². The number of fused-ring (bicyclic) bond motifs is 1. The van der Waals surface area contributed by atoms with Crippen LogP contribution in [-0.4, -0.2) is 62.9 Å². The summed E-state index contributed by atoms with van der Waals surface area (Å²) < 4.78 is 6.00. The second-order valence-electron chi connectivity index (χ2n) is 6.11. The lowest BCUT2D eigenvalue weighted by Crippen LogP contribution is -2.40. The fourth-order valence-corrected chi connectivity index (χ4v) is 3.05. The quantitative estimate of drug-likeness (QED) is 0.703. The van der Waals surface area contributed by atoms with Crippen molar-refractivity contribution in [3.63, 3.8) is 0 Å². The molecule has 0 aliphatic carbocycles. The molecule has 0 fully saturated rings. The number of nitrogens with one attached hydrogen (secondary N) is 2. The normalized spacial score (nSPS) is 14.4. The molecular weight excluding hydrogens is 376 g/mol. The summed E-state index contributed by atoms with van der Waals surface area (Å²) in [6.07, 6.45) is 3.55. The maximum atomic E-state index is 12.7. The second-order valence-corrected chi connectivity index (χ2v) is 6.55. The number of hydrogen-bond donors (Lipinski definition) is 2. The largest absolute Gasteiger partial charge is 0.468 e. The molecule has 1 aliphatic heterocycles. The van der Waals surface area contributed by atoms with Gasteiger partial charge in [0.25, 0.3) is 5.91 Å². The number of aromatic nitrogens is 4. The van der Waals surface area contributed by atoms with E-state index in [4.69, 9.17) is 11.6 Å². The standard InChI is InChI=1S/C16H19ClN6O4/c1-9(23-7-10(17)5-19-23)16(26)22-4-3-11-12(8-22)20-21-14(11)15(25)18-6-13(24)27-2/h5,7,9H,3-4,6,8H2,1-2H3,(H,18,25)(H,20,21). The summed E-state index contributed by atoms with van der Waals surface area (Å²) in [4.78, 5) is 37.8. The molecule has 2 N–H and O–H groups in total. The fourth-order valence-electron chi connectivity index (χ4n) is 2.91. The molecule has 10 nitrogen and oxygen atoms in total. The summed E-state index contributed by atoms with van der Waals surface area (Å²) in [5.74, 6) is -1.11. The number of nitrogens with zero attached hydrogens (tertiary/aromatic N) is 4. The number of hydrogen-bond acceptors (Lipinski definition) is 6. The Hall–Kier alpha value is -2.88. The molecule has 0 saturated carbocycles. The Morgan fingerprint density at radius 1 is 1.44 bits per heavy atom. The zero-order valence-corrected chi connectivity index (χ0v) is 15.6. The van der Waals surface area contributed by atoms with Gasteiger partial charge in [-0.25, -0.2) is 0 Å². The Morgan fingerprint density at radius 2 is 2.22 bits per heavy atom. The van der Waals surface area contributed by atoms with E-state index in [0.29, 0.717) is 30.2 Å². The van der Waals surface area contributed by atoms with Crippen molar-refractivity contribution in [1.82, 2.24) is 30.2 Å². The monoisotopic (exact) mass is 394 g/mol. The number of esters is 1. The number of methoxy groups -OCH3 is 1. The number of ether oxygens (including phenoxy) is 1. The van der Waals surface area contributed by atoms with Gasteiger partial charge in [-0.3, -0.25) is 24.2 Å². The van der Waals surface area contributed by atoms with Gasteiger partial charge in [-0.2, -0.15) is 10.2 Å². The van der Waals surface area contributed by atoms with Crippen molar-refractivity contribution >= 4 is 29.4 Å². The van der Waals surface area contributed by atoms with Gasteiger partial charge in [-0.1, -0.05) is 11.6 Å². The molecule has 3 heterocycles. The molecule has 0 aromatic carbocycles. The molecule has 1 atom stereocenters. The lowest BCUT2D eigenvalue weighted by molar-refractivity contribution is -0.139. The summed E-state index contributed by atoms with van der Waals surface area (Å²) in [5.41, 5.74) is 1.67. The van der Waals surface area contributed by atoms with Crippen LogP contribution in [0.15, 0.2) is 12.4 Å². The van der Waals surface area contributed by atoms with E-state index in [1.807, 2.05) is 0 Å². The third kappa shape index (κ3) is 3.95. The number of halogens is 1. The number of carbonyl (C=O) groups excluding carboxylic acids is 3. The third-order valence-electron chi connectivity index (χ3n) is 4.41. The minimum absolute atomic E-state index is 0.105. The van der Waals surface area contributed by atoms with E-state index in [1.165, 1.54) is 18.0 Å². The third-order valence-corrected chi connectivity index (χ3v) is 4.60. The molecular formula is C16H19ClN6O4. The SMILES string of the molecule is COC(=O)CNC(=O)c1n[nH]c2c1CCN(C(=O)C(C)n1cc(Cl)cn1)C2. The maximum Gasteiger partial charge on any atom is 0.325 e. The predicted octanol–water partition coefficient (Wildman–Crippen LogP) is 0.308. The van der Waals surface area contributed by atoms with Gasteiger partial charge >= 0.3 is 5.97 Å². The van der Waals surface area contributed by atoms with Gasteiger partial charge < -0.3 is 15.0 Å². The second kappa shape index (κ2) is 7.78. The number of carbonyl (C=O) groups is 3. The van der Waals surface area contributed by atoms with Crippen LogP contribution in [0.1, 0.15) is 34.7 Å². The van der Waals surface area contributed by atoms with E-state index in [1.54, 1.807) is 18.0 Å². The Balaban J connectivity index is 1.67. The van der Waals surface area contributed by atoms with Crippen LogP contribution < -0.4 is 5.32 Å². The van der Waals surface area contributed by atoms with Gasteiger partial charge in [0, 0.05) is 18.3 Å². The molecule has 2 amide bonds. The number of amides is 2. The average molecular weight is 395 g/mol. The smallest absolute Gasteiger partial charge is 0.325 e. The van der Waals surface area contributed by atoms with Crippen molar-refractivity contribution in [1.29, 1.82) is 0 Å². The van der Waals surface area contributed by atoms with Crippen LogP contribution in [0, 0.1) is 0 Å². The van der Waals surface area contributed by atoms with Crippen LogP contribution in [0.2, 0.25) is 5.02 Å². The topological polar surface area (TPSA) is 122 Å². The first-order valence-corrected chi connectivity index (χ1v) is 8.68. The van der Waals surface area contributed by atoms with Crippen molar-refractivity contribution in [3.05, 3.63) is 34.4 Å². The molecule has 0 radical (unpaired) electrons. The highest BCUT2D eigenvalue weighted by atomic mass is 35.5. The molecule has 0 spiro atoms. The van der Waals surface area contributed by atoms with Crippen LogP contribution >= 0.6 is 11.6 Å². The van der Waals surface area contributed by atoms with E-state index in [9.17, 15) is 14.4 Å². The first-order valence-electron chi connectivity index (χ1n) is 8.30.